The van der Waals surface area contributed by atoms with Gasteiger partial charge in [-0.3, -0.25) is 0 Å². The van der Waals surface area contributed by atoms with Crippen LogP contribution in [0, 0.1) is 11.8 Å². The molecule has 0 saturated heterocycles. The van der Waals surface area contributed by atoms with Crippen LogP contribution in [-0.2, 0) is 5.41 Å². The van der Waals surface area contributed by atoms with E-state index < -0.39 is 0 Å². The largest absolute Gasteiger partial charge is 0.491 e. The summed E-state index contributed by atoms with van der Waals surface area (Å²) in [4.78, 5) is 0. The molecule has 1 aromatic rings. The Morgan fingerprint density at radius 3 is 2.29 bits per heavy atom. The monoisotopic (exact) mass is 308 g/mol. The summed E-state index contributed by atoms with van der Waals surface area (Å²) in [5.74, 6) is 2.26. The van der Waals surface area contributed by atoms with Crippen molar-refractivity contribution in [1.29, 1.82) is 0 Å². The summed E-state index contributed by atoms with van der Waals surface area (Å²) < 4.78 is 5.74. The number of hydrogen-bond acceptors (Lipinski definition) is 1. The van der Waals surface area contributed by atoms with Crippen molar-refractivity contribution in [2.75, 3.05) is 0 Å². The van der Waals surface area contributed by atoms with Gasteiger partial charge in [0.1, 0.15) is 5.75 Å². The van der Waals surface area contributed by atoms with Gasteiger partial charge in [-0.2, -0.15) is 0 Å². The molecule has 0 heterocycles. The van der Waals surface area contributed by atoms with Crippen molar-refractivity contribution in [1.82, 2.24) is 0 Å². The molecule has 0 aromatic heterocycles. The van der Waals surface area contributed by atoms with E-state index >= 15 is 0 Å². The minimum atomic E-state index is 0.114. The second-order valence-electron chi connectivity index (χ2n) is 7.45. The molecular formula is C19H29ClO. The van der Waals surface area contributed by atoms with Crippen molar-refractivity contribution in [2.24, 2.45) is 11.8 Å². The maximum absolute atomic E-state index is 6.69. The maximum Gasteiger partial charge on any atom is 0.119 e. The fraction of sp³-hybridized carbons (Fsp3) is 0.684. The Kier molecular flexibility index (Phi) is 5.24. The van der Waals surface area contributed by atoms with E-state index in [9.17, 15) is 0 Å². The van der Waals surface area contributed by atoms with Crippen molar-refractivity contribution < 1.29 is 4.74 Å². The van der Waals surface area contributed by atoms with Crippen LogP contribution < -0.4 is 4.74 Å². The highest BCUT2D eigenvalue weighted by Crippen LogP contribution is 2.44. The molecule has 0 aliphatic heterocycles. The molecule has 0 N–H and O–H groups in total. The lowest BCUT2D eigenvalue weighted by molar-refractivity contribution is 0.207. The highest BCUT2D eigenvalue weighted by molar-refractivity contribution is 6.20. The molecule has 1 fully saturated rings. The molecule has 118 valence electrons. The second-order valence-corrected chi connectivity index (χ2v) is 8.01. The summed E-state index contributed by atoms with van der Waals surface area (Å²) in [7, 11) is 0. The van der Waals surface area contributed by atoms with Gasteiger partial charge in [-0.25, -0.2) is 0 Å². The third kappa shape index (κ3) is 3.94. The van der Waals surface area contributed by atoms with Gasteiger partial charge in [-0.05, 0) is 61.6 Å². The van der Waals surface area contributed by atoms with Crippen molar-refractivity contribution >= 4 is 11.6 Å². The number of ether oxygens (including phenoxy) is 1. The SMILES string of the molecule is CC1CCC(C(C)(C)c2ccc(OC(C)C)cc2)C(Cl)C1. The molecule has 0 spiro atoms. The summed E-state index contributed by atoms with van der Waals surface area (Å²) in [6, 6.07) is 8.59. The molecule has 0 radical (unpaired) electrons. The average Bonchev–Trinajstić information content (AvgIpc) is 2.38. The zero-order chi connectivity index (χ0) is 15.6. The zero-order valence-corrected chi connectivity index (χ0v) is 14.8. The van der Waals surface area contributed by atoms with Crippen LogP contribution >= 0.6 is 11.6 Å². The lowest BCUT2D eigenvalue weighted by Gasteiger charge is -2.42. The Balaban J connectivity index is 2.15. The topological polar surface area (TPSA) is 9.23 Å². The summed E-state index contributed by atoms with van der Waals surface area (Å²) in [5, 5.41) is 0.287. The quantitative estimate of drug-likeness (QED) is 0.639. The molecule has 0 amide bonds. The second kappa shape index (κ2) is 6.60. The van der Waals surface area contributed by atoms with E-state index in [1.165, 1.54) is 18.4 Å². The lowest BCUT2D eigenvalue weighted by Crippen LogP contribution is -2.38. The smallest absolute Gasteiger partial charge is 0.119 e. The Hall–Kier alpha value is -0.690. The molecule has 3 atom stereocenters. The molecule has 3 unspecified atom stereocenters. The lowest BCUT2D eigenvalue weighted by atomic mass is 9.66. The van der Waals surface area contributed by atoms with Crippen LogP contribution in [0.4, 0.5) is 0 Å². The van der Waals surface area contributed by atoms with Crippen LogP contribution in [0.5, 0.6) is 5.75 Å². The van der Waals surface area contributed by atoms with Crippen LogP contribution in [0.2, 0.25) is 0 Å². The van der Waals surface area contributed by atoms with Crippen LogP contribution in [0.1, 0.15) is 59.4 Å². The fourth-order valence-corrected chi connectivity index (χ4v) is 4.32. The third-order valence-electron chi connectivity index (χ3n) is 4.93. The minimum Gasteiger partial charge on any atom is -0.491 e. The number of benzene rings is 1. The highest BCUT2D eigenvalue weighted by atomic mass is 35.5. The first kappa shape index (κ1) is 16.7. The van der Waals surface area contributed by atoms with Gasteiger partial charge in [0.2, 0.25) is 0 Å². The van der Waals surface area contributed by atoms with Gasteiger partial charge in [-0.1, -0.05) is 39.3 Å². The van der Waals surface area contributed by atoms with Gasteiger partial charge < -0.3 is 4.74 Å². The summed E-state index contributed by atoms with van der Waals surface area (Å²) in [6.45, 7) is 11.1. The highest BCUT2D eigenvalue weighted by Gasteiger charge is 2.39. The van der Waals surface area contributed by atoms with E-state index in [1.807, 2.05) is 0 Å². The fourth-order valence-electron chi connectivity index (χ4n) is 3.57. The molecule has 1 nitrogen and oxygen atoms in total. The average molecular weight is 309 g/mol. The van der Waals surface area contributed by atoms with Crippen LogP contribution in [0.3, 0.4) is 0 Å². The van der Waals surface area contributed by atoms with Crippen LogP contribution in [0.15, 0.2) is 24.3 Å². The molecule has 1 saturated carbocycles. The molecule has 21 heavy (non-hydrogen) atoms. The predicted octanol–water partition coefficient (Wildman–Crippen LogP) is 5.80. The number of halogens is 1. The molecule has 2 heteroatoms. The van der Waals surface area contributed by atoms with Crippen LogP contribution in [-0.4, -0.2) is 11.5 Å². The first-order valence-electron chi connectivity index (χ1n) is 8.22. The molecule has 1 aromatic carbocycles. The van der Waals surface area contributed by atoms with E-state index in [1.54, 1.807) is 0 Å². The van der Waals surface area contributed by atoms with E-state index in [-0.39, 0.29) is 16.9 Å². The Morgan fingerprint density at radius 2 is 1.76 bits per heavy atom. The van der Waals surface area contributed by atoms with Crippen molar-refractivity contribution in [3.63, 3.8) is 0 Å². The van der Waals surface area contributed by atoms with Crippen molar-refractivity contribution in [3.05, 3.63) is 29.8 Å². The van der Waals surface area contributed by atoms with Gasteiger partial charge in [0.15, 0.2) is 0 Å². The van der Waals surface area contributed by atoms with E-state index in [4.69, 9.17) is 16.3 Å². The maximum atomic E-state index is 6.69. The molecule has 0 bridgehead atoms. The van der Waals surface area contributed by atoms with E-state index in [2.05, 4.69) is 58.9 Å². The van der Waals surface area contributed by atoms with Gasteiger partial charge in [0.25, 0.3) is 0 Å². The molecule has 2 rings (SSSR count). The Bertz CT molecular complexity index is 449. The van der Waals surface area contributed by atoms with Gasteiger partial charge in [0.05, 0.1) is 6.10 Å². The first-order chi connectivity index (χ1) is 9.80. The molecule has 1 aliphatic rings. The molecular weight excluding hydrogens is 280 g/mol. The van der Waals surface area contributed by atoms with Crippen LogP contribution in [0.25, 0.3) is 0 Å². The van der Waals surface area contributed by atoms with E-state index in [0.717, 1.165) is 18.1 Å². The summed E-state index contributed by atoms with van der Waals surface area (Å²) >= 11 is 6.69. The predicted molar refractivity (Wildman–Crippen MR) is 91.4 cm³/mol. The number of alkyl halides is 1. The normalized spacial score (nSPS) is 26.9. The standard InChI is InChI=1S/C19H29ClO/c1-13(2)21-16-9-7-15(8-10-16)19(4,5)17-11-6-14(3)12-18(17)20/h7-10,13-14,17-18H,6,11-12H2,1-5H3. The summed E-state index contributed by atoms with van der Waals surface area (Å²) in [5.41, 5.74) is 1.48. The van der Waals surface area contributed by atoms with Gasteiger partial charge in [-0.15, -0.1) is 11.6 Å². The first-order valence-corrected chi connectivity index (χ1v) is 8.65. The van der Waals surface area contributed by atoms with Crippen molar-refractivity contribution in [3.8, 4) is 5.75 Å². The zero-order valence-electron chi connectivity index (χ0n) is 14.0. The number of rotatable bonds is 4. The Morgan fingerprint density at radius 1 is 1.14 bits per heavy atom. The van der Waals surface area contributed by atoms with Gasteiger partial charge in [0, 0.05) is 5.38 Å². The number of hydrogen-bond donors (Lipinski definition) is 0. The van der Waals surface area contributed by atoms with Gasteiger partial charge >= 0.3 is 0 Å². The summed E-state index contributed by atoms with van der Waals surface area (Å²) in [6.07, 6.45) is 3.89. The Labute approximate surface area is 135 Å². The third-order valence-corrected chi connectivity index (χ3v) is 5.41. The van der Waals surface area contributed by atoms with E-state index in [0.29, 0.717) is 5.92 Å². The van der Waals surface area contributed by atoms with Crippen molar-refractivity contribution in [2.45, 2.75) is 70.8 Å². The minimum absolute atomic E-state index is 0.114. The molecule has 1 aliphatic carbocycles.